The molecule has 2 aromatic carbocycles. The lowest BCUT2D eigenvalue weighted by molar-refractivity contribution is 0.102. The molecule has 2 N–H and O–H groups in total. The van der Waals surface area contributed by atoms with Crippen LogP contribution in [0, 0.1) is 6.92 Å². The van der Waals surface area contributed by atoms with Crippen LogP contribution in [0.1, 0.15) is 15.9 Å². The minimum absolute atomic E-state index is 0.104. The van der Waals surface area contributed by atoms with Gasteiger partial charge in [-0.15, -0.1) is 0 Å². The molecule has 0 bridgehead atoms. The lowest BCUT2D eigenvalue weighted by Gasteiger charge is -2.13. The summed E-state index contributed by atoms with van der Waals surface area (Å²) in [5.74, 6) is -0.229. The van der Waals surface area contributed by atoms with Crippen LogP contribution in [0.3, 0.4) is 0 Å². The number of nitrogens with one attached hydrogen (secondary N) is 2. The number of anilines is 3. The Bertz CT molecular complexity index is 1270. The van der Waals surface area contributed by atoms with E-state index in [4.69, 9.17) is 0 Å². The number of hydrogen-bond donors (Lipinski definition) is 2. The second kappa shape index (κ2) is 7.55. The van der Waals surface area contributed by atoms with Gasteiger partial charge >= 0.3 is 0 Å². The second-order valence-electron chi connectivity index (χ2n) is 6.74. The zero-order valence-corrected chi connectivity index (χ0v) is 16.0. The summed E-state index contributed by atoms with van der Waals surface area (Å²) in [6, 6.07) is 14.5. The van der Waals surface area contributed by atoms with Crippen LogP contribution in [0.25, 0.3) is 10.9 Å². The minimum atomic E-state index is -0.229. The van der Waals surface area contributed by atoms with E-state index in [1.807, 2.05) is 37.3 Å². The van der Waals surface area contributed by atoms with Crippen molar-refractivity contribution in [3.8, 4) is 0 Å². The number of hydrogen-bond acceptors (Lipinski definition) is 5. The Morgan fingerprint density at radius 2 is 1.90 bits per heavy atom. The van der Waals surface area contributed by atoms with Gasteiger partial charge in [-0.05, 0) is 55.0 Å². The number of aromatic nitrogens is 3. The molecule has 0 radical (unpaired) electrons. The van der Waals surface area contributed by atoms with Gasteiger partial charge in [0.25, 0.3) is 11.5 Å². The average Bonchev–Trinajstić information content (AvgIpc) is 2.74. The molecular weight excluding hydrogens is 366 g/mol. The third-order valence-corrected chi connectivity index (χ3v) is 4.62. The molecule has 0 aliphatic heterocycles. The molecule has 0 unspecified atom stereocenters. The van der Waals surface area contributed by atoms with E-state index >= 15 is 0 Å². The van der Waals surface area contributed by atoms with E-state index < -0.39 is 0 Å². The number of carbonyl (C=O) groups is 1. The summed E-state index contributed by atoms with van der Waals surface area (Å²) < 4.78 is 1.45. The fourth-order valence-corrected chi connectivity index (χ4v) is 2.98. The molecule has 0 spiro atoms. The van der Waals surface area contributed by atoms with Crippen LogP contribution in [0.4, 0.5) is 17.1 Å². The van der Waals surface area contributed by atoms with E-state index in [-0.39, 0.29) is 11.5 Å². The molecule has 0 saturated heterocycles. The number of pyridine rings is 1. The summed E-state index contributed by atoms with van der Waals surface area (Å²) in [5.41, 5.74) is 4.28. The van der Waals surface area contributed by atoms with Crippen LogP contribution < -0.4 is 16.2 Å². The highest BCUT2D eigenvalue weighted by Gasteiger charge is 2.09. The van der Waals surface area contributed by atoms with Gasteiger partial charge in [-0.1, -0.05) is 6.07 Å². The summed E-state index contributed by atoms with van der Waals surface area (Å²) in [6.07, 6.45) is 4.65. The first kappa shape index (κ1) is 18.4. The summed E-state index contributed by atoms with van der Waals surface area (Å²) in [4.78, 5) is 33.0. The normalized spacial score (nSPS) is 10.7. The molecule has 144 valence electrons. The van der Waals surface area contributed by atoms with Gasteiger partial charge in [0.15, 0.2) is 0 Å². The number of fused-ring (bicyclic) bond motifs is 1. The molecule has 2 aromatic heterocycles. The molecule has 0 fully saturated rings. The molecule has 0 saturated carbocycles. The van der Waals surface area contributed by atoms with Gasteiger partial charge in [0.05, 0.1) is 22.8 Å². The molecular formula is C22H19N5O2. The fraction of sp³-hybridized carbons (Fsp3) is 0.0909. The standard InChI is InChI=1S/C22H19N5O2/c1-14-5-6-17(26-21(28)15-4-3-9-23-12-15)11-20(14)25-16-7-8-19-18(10-16)22(29)27(2)13-24-19/h3-13,25H,1-2H3,(H,26,28). The van der Waals surface area contributed by atoms with Gasteiger partial charge in [0.2, 0.25) is 0 Å². The van der Waals surface area contributed by atoms with Gasteiger partial charge in [-0.25, -0.2) is 4.98 Å². The van der Waals surface area contributed by atoms with Gasteiger partial charge in [-0.3, -0.25) is 14.6 Å². The Balaban J connectivity index is 1.61. The van der Waals surface area contributed by atoms with Crippen LogP contribution >= 0.6 is 0 Å². The largest absolute Gasteiger partial charge is 0.355 e. The van der Waals surface area contributed by atoms with Crippen LogP contribution in [0.2, 0.25) is 0 Å². The van der Waals surface area contributed by atoms with Crippen LogP contribution in [-0.4, -0.2) is 20.4 Å². The number of nitrogens with zero attached hydrogens (tertiary/aromatic N) is 3. The van der Waals surface area contributed by atoms with Crippen molar-refractivity contribution in [3.63, 3.8) is 0 Å². The van der Waals surface area contributed by atoms with Gasteiger partial charge in [0.1, 0.15) is 0 Å². The van der Waals surface area contributed by atoms with Gasteiger partial charge in [0, 0.05) is 36.5 Å². The van der Waals surface area contributed by atoms with Crippen molar-refractivity contribution in [2.24, 2.45) is 7.05 Å². The third-order valence-electron chi connectivity index (χ3n) is 4.62. The average molecular weight is 385 g/mol. The molecule has 1 amide bonds. The molecule has 0 aliphatic carbocycles. The van der Waals surface area contributed by atoms with E-state index in [0.717, 1.165) is 16.9 Å². The third kappa shape index (κ3) is 3.84. The molecule has 0 atom stereocenters. The van der Waals surface area contributed by atoms with Crippen LogP contribution in [0.15, 0.2) is 72.0 Å². The van der Waals surface area contributed by atoms with Crippen molar-refractivity contribution in [2.45, 2.75) is 6.92 Å². The zero-order valence-electron chi connectivity index (χ0n) is 16.0. The molecule has 7 nitrogen and oxygen atoms in total. The van der Waals surface area contributed by atoms with E-state index in [9.17, 15) is 9.59 Å². The Morgan fingerprint density at radius 3 is 2.69 bits per heavy atom. The topological polar surface area (TPSA) is 88.9 Å². The minimum Gasteiger partial charge on any atom is -0.355 e. The SMILES string of the molecule is Cc1ccc(NC(=O)c2cccnc2)cc1Nc1ccc2ncn(C)c(=O)c2c1. The van der Waals surface area contributed by atoms with Crippen molar-refractivity contribution < 1.29 is 4.79 Å². The zero-order chi connectivity index (χ0) is 20.4. The lowest BCUT2D eigenvalue weighted by atomic mass is 10.1. The van der Waals surface area contributed by atoms with Gasteiger partial charge in [-0.2, -0.15) is 0 Å². The van der Waals surface area contributed by atoms with Crippen molar-refractivity contribution in [3.05, 3.63) is 88.7 Å². The van der Waals surface area contributed by atoms with Crippen LogP contribution in [-0.2, 0) is 7.05 Å². The van der Waals surface area contributed by atoms with E-state index in [2.05, 4.69) is 20.6 Å². The molecule has 2 heterocycles. The van der Waals surface area contributed by atoms with E-state index in [1.54, 1.807) is 31.4 Å². The quantitative estimate of drug-likeness (QED) is 0.560. The summed E-state index contributed by atoms with van der Waals surface area (Å²) in [5, 5.41) is 6.74. The number of aryl methyl sites for hydroxylation is 2. The fourth-order valence-electron chi connectivity index (χ4n) is 2.98. The Hall–Kier alpha value is -4.00. The molecule has 29 heavy (non-hydrogen) atoms. The van der Waals surface area contributed by atoms with Crippen LogP contribution in [0.5, 0.6) is 0 Å². The second-order valence-corrected chi connectivity index (χ2v) is 6.74. The maximum atomic E-state index is 12.4. The molecule has 7 heteroatoms. The monoisotopic (exact) mass is 385 g/mol. The van der Waals surface area contributed by atoms with Crippen molar-refractivity contribution in [1.82, 2.24) is 14.5 Å². The molecule has 4 aromatic rings. The highest BCUT2D eigenvalue weighted by molar-refractivity contribution is 6.04. The first-order valence-corrected chi connectivity index (χ1v) is 9.06. The molecule has 0 aliphatic rings. The number of carbonyl (C=O) groups excluding carboxylic acids is 1. The maximum Gasteiger partial charge on any atom is 0.260 e. The Labute approximate surface area is 167 Å². The predicted molar refractivity (Wildman–Crippen MR) is 114 cm³/mol. The number of rotatable bonds is 4. The predicted octanol–water partition coefficient (Wildman–Crippen LogP) is 3.63. The number of benzene rings is 2. The first-order valence-electron chi connectivity index (χ1n) is 9.06. The number of amides is 1. The molecule has 4 rings (SSSR count). The Morgan fingerprint density at radius 1 is 1.07 bits per heavy atom. The van der Waals surface area contributed by atoms with E-state index in [1.165, 1.54) is 17.1 Å². The summed E-state index contributed by atoms with van der Waals surface area (Å²) in [7, 11) is 1.67. The van der Waals surface area contributed by atoms with E-state index in [0.29, 0.717) is 22.2 Å². The van der Waals surface area contributed by atoms with Crippen molar-refractivity contribution in [1.29, 1.82) is 0 Å². The maximum absolute atomic E-state index is 12.4. The Kier molecular flexibility index (Phi) is 4.78. The van der Waals surface area contributed by atoms with Crippen molar-refractivity contribution in [2.75, 3.05) is 10.6 Å². The smallest absolute Gasteiger partial charge is 0.260 e. The lowest BCUT2D eigenvalue weighted by Crippen LogP contribution is -2.16. The highest BCUT2D eigenvalue weighted by Crippen LogP contribution is 2.25. The van der Waals surface area contributed by atoms with Crippen molar-refractivity contribution >= 4 is 33.9 Å². The summed E-state index contributed by atoms with van der Waals surface area (Å²) in [6.45, 7) is 1.97. The highest BCUT2D eigenvalue weighted by atomic mass is 16.1. The summed E-state index contributed by atoms with van der Waals surface area (Å²) >= 11 is 0. The first-order chi connectivity index (χ1) is 14.0. The van der Waals surface area contributed by atoms with Gasteiger partial charge < -0.3 is 15.2 Å².